The number of nitrogens with one attached hydrogen (secondary N) is 2. The fraction of sp³-hybridized carbons (Fsp3) is 0.385. The molecule has 34 heavy (non-hydrogen) atoms. The zero-order valence-corrected chi connectivity index (χ0v) is 20.0. The molecule has 2 aliphatic rings. The zero-order valence-electron chi connectivity index (χ0n) is 20.0. The van der Waals surface area contributed by atoms with Crippen molar-refractivity contribution in [3.8, 4) is 5.75 Å². The molecular weight excluding hydrogens is 432 g/mol. The molecular formula is C26H32N4O4. The molecule has 0 aliphatic carbocycles. The molecule has 2 heterocycles. The molecule has 4 rings (SSSR count). The van der Waals surface area contributed by atoms with Crippen molar-refractivity contribution >= 4 is 17.7 Å². The van der Waals surface area contributed by atoms with Crippen LogP contribution in [0.15, 0.2) is 59.8 Å². The van der Waals surface area contributed by atoms with Gasteiger partial charge in [-0.3, -0.25) is 4.90 Å². The van der Waals surface area contributed by atoms with Crippen molar-refractivity contribution < 1.29 is 19.1 Å². The molecule has 2 N–H and O–H groups in total. The summed E-state index contributed by atoms with van der Waals surface area (Å²) in [5.41, 5.74) is 4.15. The van der Waals surface area contributed by atoms with Crippen LogP contribution in [0.2, 0.25) is 0 Å². The number of urea groups is 1. The standard InChI is InChI=1S/C26H32N4O4/c1-4-34-25(31)23-21(27-26(32)28-24(23)20-7-5-6-8-22(20)33-3)17-29-13-15-30(16-14-29)19-11-9-18(2)10-12-19/h5-12,24H,4,13-17H2,1-3H3,(H2,27,28,32)/t24-/m1/s1. The average Bonchev–Trinajstić information content (AvgIpc) is 2.85. The van der Waals surface area contributed by atoms with Gasteiger partial charge in [0.2, 0.25) is 0 Å². The van der Waals surface area contributed by atoms with Gasteiger partial charge in [-0.1, -0.05) is 35.9 Å². The summed E-state index contributed by atoms with van der Waals surface area (Å²) in [5, 5.41) is 5.75. The van der Waals surface area contributed by atoms with E-state index in [1.54, 1.807) is 14.0 Å². The van der Waals surface area contributed by atoms with Crippen LogP contribution < -0.4 is 20.3 Å². The fourth-order valence-corrected chi connectivity index (χ4v) is 4.47. The first-order valence-corrected chi connectivity index (χ1v) is 11.6. The lowest BCUT2D eigenvalue weighted by atomic mass is 9.94. The van der Waals surface area contributed by atoms with Gasteiger partial charge in [0, 0.05) is 49.7 Å². The number of para-hydroxylation sites is 1. The molecule has 0 radical (unpaired) electrons. The summed E-state index contributed by atoms with van der Waals surface area (Å²) in [5.74, 6) is 0.154. The van der Waals surface area contributed by atoms with Crippen LogP contribution in [0.5, 0.6) is 5.75 Å². The molecule has 2 aromatic carbocycles. The molecule has 0 spiro atoms. The van der Waals surface area contributed by atoms with Crippen LogP contribution in [0.1, 0.15) is 24.1 Å². The van der Waals surface area contributed by atoms with E-state index in [1.165, 1.54) is 11.3 Å². The first kappa shape index (κ1) is 23.6. The predicted molar refractivity (Wildman–Crippen MR) is 131 cm³/mol. The fourth-order valence-electron chi connectivity index (χ4n) is 4.47. The Kier molecular flexibility index (Phi) is 7.37. The minimum Gasteiger partial charge on any atom is -0.496 e. The van der Waals surface area contributed by atoms with E-state index in [1.807, 2.05) is 24.3 Å². The van der Waals surface area contributed by atoms with Crippen LogP contribution >= 0.6 is 0 Å². The predicted octanol–water partition coefficient (Wildman–Crippen LogP) is 3.00. The first-order chi connectivity index (χ1) is 16.5. The smallest absolute Gasteiger partial charge is 0.338 e. The Labute approximate surface area is 200 Å². The Morgan fingerprint density at radius 1 is 1.06 bits per heavy atom. The number of carbonyl (C=O) groups excluding carboxylic acids is 2. The minimum atomic E-state index is -0.659. The molecule has 1 saturated heterocycles. The Morgan fingerprint density at radius 2 is 1.76 bits per heavy atom. The molecule has 1 atom stereocenters. The van der Waals surface area contributed by atoms with Crippen LogP contribution in [0.25, 0.3) is 0 Å². The highest BCUT2D eigenvalue weighted by atomic mass is 16.5. The summed E-state index contributed by atoms with van der Waals surface area (Å²) in [7, 11) is 1.57. The molecule has 0 saturated carbocycles. The zero-order chi connectivity index (χ0) is 24.1. The van der Waals surface area contributed by atoms with Gasteiger partial charge in [-0.15, -0.1) is 0 Å². The van der Waals surface area contributed by atoms with Gasteiger partial charge >= 0.3 is 12.0 Å². The number of ether oxygens (including phenoxy) is 2. The topological polar surface area (TPSA) is 83.1 Å². The van der Waals surface area contributed by atoms with Gasteiger partial charge in [0.05, 0.1) is 25.3 Å². The molecule has 2 amide bonds. The number of piperazine rings is 1. The van der Waals surface area contributed by atoms with Crippen molar-refractivity contribution in [1.82, 2.24) is 15.5 Å². The number of carbonyl (C=O) groups is 2. The van der Waals surface area contributed by atoms with Crippen molar-refractivity contribution in [3.05, 3.63) is 70.9 Å². The summed E-state index contributed by atoms with van der Waals surface area (Å²) in [6.07, 6.45) is 0. The summed E-state index contributed by atoms with van der Waals surface area (Å²) in [6, 6.07) is 14.9. The van der Waals surface area contributed by atoms with Crippen molar-refractivity contribution in [2.24, 2.45) is 0 Å². The van der Waals surface area contributed by atoms with E-state index in [0.717, 1.165) is 26.2 Å². The molecule has 8 heteroatoms. The Bertz CT molecular complexity index is 1060. The van der Waals surface area contributed by atoms with Gasteiger partial charge in [-0.05, 0) is 32.0 Å². The Hall–Kier alpha value is -3.52. The van der Waals surface area contributed by atoms with Gasteiger partial charge in [0.1, 0.15) is 5.75 Å². The number of hydrogen-bond acceptors (Lipinski definition) is 6. The second-order valence-electron chi connectivity index (χ2n) is 8.48. The van der Waals surface area contributed by atoms with Gasteiger partial charge in [0.15, 0.2) is 0 Å². The summed E-state index contributed by atoms with van der Waals surface area (Å²) in [4.78, 5) is 30.3. The van der Waals surface area contributed by atoms with Crippen LogP contribution in [-0.2, 0) is 9.53 Å². The number of amides is 2. The quantitative estimate of drug-likeness (QED) is 0.613. The molecule has 0 bridgehead atoms. The number of aryl methyl sites for hydroxylation is 1. The molecule has 2 aliphatic heterocycles. The number of rotatable bonds is 7. The minimum absolute atomic E-state index is 0.247. The van der Waals surface area contributed by atoms with E-state index in [4.69, 9.17) is 9.47 Å². The van der Waals surface area contributed by atoms with Gasteiger partial charge < -0.3 is 25.0 Å². The molecule has 0 unspecified atom stereocenters. The maximum atomic E-state index is 13.1. The first-order valence-electron chi connectivity index (χ1n) is 11.6. The van der Waals surface area contributed by atoms with Gasteiger partial charge in [0.25, 0.3) is 0 Å². The third-order valence-electron chi connectivity index (χ3n) is 6.25. The van der Waals surface area contributed by atoms with Crippen molar-refractivity contribution in [2.75, 3.05) is 51.3 Å². The van der Waals surface area contributed by atoms with E-state index in [2.05, 4.69) is 51.6 Å². The summed E-state index contributed by atoms with van der Waals surface area (Å²) < 4.78 is 10.9. The average molecular weight is 465 g/mol. The highest BCUT2D eigenvalue weighted by Gasteiger charge is 2.36. The van der Waals surface area contributed by atoms with Crippen LogP contribution in [0, 0.1) is 6.92 Å². The molecule has 180 valence electrons. The van der Waals surface area contributed by atoms with Crippen LogP contribution in [-0.4, -0.2) is 63.3 Å². The van der Waals surface area contributed by atoms with Crippen molar-refractivity contribution in [3.63, 3.8) is 0 Å². The monoisotopic (exact) mass is 464 g/mol. The summed E-state index contributed by atoms with van der Waals surface area (Å²) >= 11 is 0. The van der Waals surface area contributed by atoms with E-state index in [9.17, 15) is 9.59 Å². The molecule has 0 aromatic heterocycles. The van der Waals surface area contributed by atoms with E-state index >= 15 is 0 Å². The van der Waals surface area contributed by atoms with E-state index in [-0.39, 0.29) is 12.6 Å². The van der Waals surface area contributed by atoms with Gasteiger partial charge in [-0.2, -0.15) is 0 Å². The third-order valence-corrected chi connectivity index (χ3v) is 6.25. The molecule has 2 aromatic rings. The second kappa shape index (κ2) is 10.6. The molecule has 8 nitrogen and oxygen atoms in total. The van der Waals surface area contributed by atoms with E-state index in [0.29, 0.717) is 29.1 Å². The molecule has 1 fully saturated rings. The van der Waals surface area contributed by atoms with Crippen molar-refractivity contribution in [2.45, 2.75) is 19.9 Å². The summed E-state index contributed by atoms with van der Waals surface area (Å²) in [6.45, 7) is 7.93. The third kappa shape index (κ3) is 5.17. The Morgan fingerprint density at radius 3 is 2.44 bits per heavy atom. The number of esters is 1. The second-order valence-corrected chi connectivity index (χ2v) is 8.48. The maximum Gasteiger partial charge on any atom is 0.338 e. The van der Waals surface area contributed by atoms with Crippen molar-refractivity contribution in [1.29, 1.82) is 0 Å². The number of anilines is 1. The lowest BCUT2D eigenvalue weighted by molar-refractivity contribution is -0.139. The highest BCUT2D eigenvalue weighted by Crippen LogP contribution is 2.33. The number of benzene rings is 2. The van der Waals surface area contributed by atoms with Crippen LogP contribution in [0.4, 0.5) is 10.5 Å². The number of methoxy groups -OCH3 is 1. The maximum absolute atomic E-state index is 13.1. The van der Waals surface area contributed by atoms with Crippen LogP contribution in [0.3, 0.4) is 0 Å². The normalized spacial score (nSPS) is 18.9. The lowest BCUT2D eigenvalue weighted by Gasteiger charge is -2.38. The largest absolute Gasteiger partial charge is 0.496 e. The number of nitrogens with zero attached hydrogens (tertiary/aromatic N) is 2. The SMILES string of the molecule is CCOC(=O)C1=C(CN2CCN(c3ccc(C)cc3)CC2)NC(=O)N[C@@H]1c1ccccc1OC. The van der Waals surface area contributed by atoms with Gasteiger partial charge in [-0.25, -0.2) is 9.59 Å². The van der Waals surface area contributed by atoms with E-state index < -0.39 is 12.0 Å². The lowest BCUT2D eigenvalue weighted by Crippen LogP contribution is -2.51. The highest BCUT2D eigenvalue weighted by molar-refractivity contribution is 5.95. The number of hydrogen-bond donors (Lipinski definition) is 2. The Balaban J connectivity index is 1.57.